The molecule has 10 nitrogen and oxygen atoms in total. The van der Waals surface area contributed by atoms with Crippen molar-refractivity contribution in [2.45, 2.75) is 94.2 Å². The molecular weight excluding hydrogens is 478 g/mol. The topological polar surface area (TPSA) is 133 Å². The zero-order valence-electron chi connectivity index (χ0n) is 21.7. The first-order chi connectivity index (χ1) is 18.7. The van der Waals surface area contributed by atoms with E-state index in [9.17, 15) is 4.79 Å². The summed E-state index contributed by atoms with van der Waals surface area (Å²) in [6.07, 6.45) is 14.4. The zero-order chi connectivity index (χ0) is 25.7. The molecule has 0 radical (unpaired) electrons. The number of carbonyl (C=O) groups excluding carboxylic acids is 1. The number of carbonyl (C=O) groups is 1. The van der Waals surface area contributed by atoms with E-state index in [1.807, 2.05) is 24.4 Å². The van der Waals surface area contributed by atoms with Crippen LogP contribution in [-0.4, -0.2) is 49.3 Å². The molecule has 3 aliphatic rings. The summed E-state index contributed by atoms with van der Waals surface area (Å²) in [5.41, 5.74) is 2.33. The number of hydrogen-bond donors (Lipinski definition) is 5. The zero-order valence-corrected chi connectivity index (χ0v) is 21.7. The molecule has 6 rings (SSSR count). The smallest absolute Gasteiger partial charge is 0.315 e. The number of pyridine rings is 1. The molecule has 0 atom stereocenters. The molecule has 3 aromatic rings. The maximum atomic E-state index is 12.5. The second-order valence-corrected chi connectivity index (χ2v) is 11.0. The molecule has 200 valence electrons. The molecule has 3 heterocycles. The summed E-state index contributed by atoms with van der Waals surface area (Å²) in [7, 11) is 0. The highest BCUT2D eigenvalue weighted by Gasteiger charge is 2.33. The van der Waals surface area contributed by atoms with Gasteiger partial charge in [-0.25, -0.2) is 9.78 Å². The molecular formula is C28H37N9O. The van der Waals surface area contributed by atoms with Crippen molar-refractivity contribution in [3.63, 3.8) is 0 Å². The molecule has 3 aliphatic carbocycles. The number of amides is 2. The number of aromatic amines is 1. The summed E-state index contributed by atoms with van der Waals surface area (Å²) in [5.74, 6) is 3.17. The van der Waals surface area contributed by atoms with Gasteiger partial charge >= 0.3 is 6.03 Å². The van der Waals surface area contributed by atoms with Gasteiger partial charge in [-0.3, -0.25) is 10.1 Å². The monoisotopic (exact) mass is 515 g/mol. The molecule has 3 fully saturated rings. The Hall–Kier alpha value is -3.69. The van der Waals surface area contributed by atoms with Gasteiger partial charge in [-0.05, 0) is 69.6 Å². The molecule has 3 saturated carbocycles. The maximum absolute atomic E-state index is 12.5. The van der Waals surface area contributed by atoms with Gasteiger partial charge in [0.25, 0.3) is 0 Å². The highest BCUT2D eigenvalue weighted by atomic mass is 16.2. The van der Waals surface area contributed by atoms with Crippen molar-refractivity contribution in [2.75, 3.05) is 10.6 Å². The number of nitrogens with zero attached hydrogens (tertiary/aromatic N) is 4. The normalized spacial score (nSPS) is 25.4. The minimum Gasteiger partial charge on any atom is -0.351 e. The summed E-state index contributed by atoms with van der Waals surface area (Å²) >= 11 is 0. The van der Waals surface area contributed by atoms with Crippen LogP contribution in [0.2, 0.25) is 0 Å². The third-order valence-electron chi connectivity index (χ3n) is 8.28. The van der Waals surface area contributed by atoms with Crippen molar-refractivity contribution in [3.05, 3.63) is 54.1 Å². The standard InChI is InChI=1S/C28H37N9O/c38-28(33-22-15-19(16-22)23-7-3-4-13-29-23)32-21-10-8-20(9-11-21)31-27-30-14-12-25(35-27)34-26-17-24(36-37-26)18-5-1-2-6-18/h3-4,7,12-14,17-22H,1-2,5-6,8-11,15-16H2,(H2,32,33,38)(H3,30,31,34,35,36,37)/t19-,20-,21-,22-. The minimum absolute atomic E-state index is 0.0533. The van der Waals surface area contributed by atoms with Gasteiger partial charge in [-0.15, -0.1) is 0 Å². The lowest BCUT2D eigenvalue weighted by Gasteiger charge is -2.36. The number of rotatable bonds is 8. The van der Waals surface area contributed by atoms with Gasteiger partial charge in [0.15, 0.2) is 5.82 Å². The quantitative estimate of drug-likeness (QED) is 0.286. The van der Waals surface area contributed by atoms with Crippen LogP contribution in [-0.2, 0) is 0 Å². The van der Waals surface area contributed by atoms with E-state index >= 15 is 0 Å². The third-order valence-corrected chi connectivity index (χ3v) is 8.28. The Balaban J connectivity index is 0.917. The summed E-state index contributed by atoms with van der Waals surface area (Å²) in [6.45, 7) is 0. The van der Waals surface area contributed by atoms with Crippen LogP contribution in [0.15, 0.2) is 42.7 Å². The van der Waals surface area contributed by atoms with E-state index in [2.05, 4.69) is 58.5 Å². The van der Waals surface area contributed by atoms with E-state index in [1.54, 1.807) is 6.20 Å². The van der Waals surface area contributed by atoms with Crippen LogP contribution >= 0.6 is 0 Å². The molecule has 0 aromatic carbocycles. The second kappa shape index (κ2) is 11.4. The lowest BCUT2D eigenvalue weighted by molar-refractivity contribution is 0.214. The summed E-state index contributed by atoms with van der Waals surface area (Å²) in [4.78, 5) is 26.0. The Bertz CT molecular complexity index is 1200. The molecule has 10 heteroatoms. The number of urea groups is 1. The summed E-state index contributed by atoms with van der Waals surface area (Å²) < 4.78 is 0. The van der Waals surface area contributed by atoms with Crippen LogP contribution < -0.4 is 21.3 Å². The van der Waals surface area contributed by atoms with E-state index in [0.29, 0.717) is 17.8 Å². The Morgan fingerprint density at radius 1 is 0.816 bits per heavy atom. The number of H-pyrrole nitrogens is 1. The van der Waals surface area contributed by atoms with E-state index in [-0.39, 0.29) is 24.2 Å². The predicted octanol–water partition coefficient (Wildman–Crippen LogP) is 4.96. The maximum Gasteiger partial charge on any atom is 0.315 e. The minimum atomic E-state index is -0.0533. The van der Waals surface area contributed by atoms with Gasteiger partial charge < -0.3 is 21.3 Å². The Morgan fingerprint density at radius 2 is 1.61 bits per heavy atom. The second-order valence-electron chi connectivity index (χ2n) is 11.0. The lowest BCUT2D eigenvalue weighted by atomic mass is 9.78. The van der Waals surface area contributed by atoms with Gasteiger partial charge in [0.2, 0.25) is 5.95 Å². The first kappa shape index (κ1) is 24.6. The van der Waals surface area contributed by atoms with Gasteiger partial charge in [-0.1, -0.05) is 18.9 Å². The van der Waals surface area contributed by atoms with Crippen molar-refractivity contribution >= 4 is 23.6 Å². The third kappa shape index (κ3) is 6.06. The average molecular weight is 516 g/mol. The fourth-order valence-corrected chi connectivity index (χ4v) is 6.05. The lowest BCUT2D eigenvalue weighted by Crippen LogP contribution is -2.51. The highest BCUT2D eigenvalue weighted by Crippen LogP contribution is 2.36. The van der Waals surface area contributed by atoms with Gasteiger partial charge in [0, 0.05) is 59.8 Å². The van der Waals surface area contributed by atoms with Crippen LogP contribution in [0.5, 0.6) is 0 Å². The van der Waals surface area contributed by atoms with Crippen molar-refractivity contribution in [3.8, 4) is 0 Å². The molecule has 0 spiro atoms. The van der Waals surface area contributed by atoms with Crippen LogP contribution in [0.25, 0.3) is 0 Å². The molecule has 0 bridgehead atoms. The first-order valence-corrected chi connectivity index (χ1v) is 14.1. The fraction of sp³-hybridized carbons (Fsp3) is 0.536. The Kier molecular flexibility index (Phi) is 7.37. The summed E-state index contributed by atoms with van der Waals surface area (Å²) in [6, 6.07) is 10.6. The van der Waals surface area contributed by atoms with Crippen molar-refractivity contribution < 1.29 is 4.79 Å². The fourth-order valence-electron chi connectivity index (χ4n) is 6.05. The van der Waals surface area contributed by atoms with Crippen molar-refractivity contribution in [1.29, 1.82) is 0 Å². The number of hydrogen-bond acceptors (Lipinski definition) is 7. The van der Waals surface area contributed by atoms with Crippen LogP contribution in [0, 0.1) is 0 Å². The number of anilines is 3. The Morgan fingerprint density at radius 3 is 2.39 bits per heavy atom. The van der Waals surface area contributed by atoms with Crippen LogP contribution in [0.4, 0.5) is 22.4 Å². The molecule has 2 amide bonds. The number of nitrogens with one attached hydrogen (secondary N) is 5. The SMILES string of the molecule is O=C(N[C@H]1CC[C@H](Nc2nccc(Nc3cc(C4CCCC4)[nH]n3)n2)CC1)N[C@H]1C[C@H](c2ccccn2)C1. The summed E-state index contributed by atoms with van der Waals surface area (Å²) in [5, 5.41) is 20.7. The molecule has 0 aliphatic heterocycles. The van der Waals surface area contributed by atoms with Gasteiger partial charge in [-0.2, -0.15) is 10.1 Å². The van der Waals surface area contributed by atoms with E-state index in [0.717, 1.165) is 55.9 Å². The van der Waals surface area contributed by atoms with Gasteiger partial charge in [0.1, 0.15) is 5.82 Å². The predicted molar refractivity (Wildman–Crippen MR) is 146 cm³/mol. The molecule has 0 unspecified atom stereocenters. The van der Waals surface area contributed by atoms with Crippen molar-refractivity contribution in [2.24, 2.45) is 0 Å². The molecule has 5 N–H and O–H groups in total. The van der Waals surface area contributed by atoms with E-state index < -0.39 is 0 Å². The van der Waals surface area contributed by atoms with E-state index in [1.165, 1.54) is 31.4 Å². The molecule has 0 saturated heterocycles. The highest BCUT2D eigenvalue weighted by molar-refractivity contribution is 5.74. The molecule has 3 aromatic heterocycles. The van der Waals surface area contributed by atoms with Gasteiger partial charge in [0.05, 0.1) is 0 Å². The van der Waals surface area contributed by atoms with E-state index in [4.69, 9.17) is 0 Å². The molecule has 38 heavy (non-hydrogen) atoms. The van der Waals surface area contributed by atoms with Crippen molar-refractivity contribution in [1.82, 2.24) is 35.8 Å². The Labute approximate surface area is 223 Å². The van der Waals surface area contributed by atoms with Crippen LogP contribution in [0.3, 0.4) is 0 Å². The first-order valence-electron chi connectivity index (χ1n) is 14.1. The van der Waals surface area contributed by atoms with Crippen LogP contribution in [0.1, 0.15) is 87.4 Å². The average Bonchev–Trinajstić information content (AvgIpc) is 3.60. The largest absolute Gasteiger partial charge is 0.351 e. The number of aromatic nitrogens is 5.